The second-order valence-electron chi connectivity index (χ2n) is 7.70. The summed E-state index contributed by atoms with van der Waals surface area (Å²) < 4.78 is 0. The maximum Gasteiger partial charge on any atom is 0.0706 e. The molecular weight excluding hydrogens is 220 g/mol. The first kappa shape index (κ1) is 14.4. The van der Waals surface area contributed by atoms with Gasteiger partial charge in [-0.1, -0.05) is 40.5 Å². The second kappa shape index (κ2) is 5.53. The van der Waals surface area contributed by atoms with Crippen LogP contribution in [0.1, 0.15) is 72.6 Å². The predicted octanol–water partition coefficient (Wildman–Crippen LogP) is 4.64. The van der Waals surface area contributed by atoms with Gasteiger partial charge in [-0.3, -0.25) is 0 Å². The SMILES string of the molecule is CC1CC(C)CC(C2(O)CCCCC2C(C)C)C1. The summed E-state index contributed by atoms with van der Waals surface area (Å²) in [5.41, 5.74) is -0.352. The van der Waals surface area contributed by atoms with Crippen LogP contribution in [0.5, 0.6) is 0 Å². The van der Waals surface area contributed by atoms with Crippen molar-refractivity contribution in [2.24, 2.45) is 29.6 Å². The molecule has 2 rings (SSSR count). The van der Waals surface area contributed by atoms with E-state index in [9.17, 15) is 5.11 Å². The maximum atomic E-state index is 11.4. The third-order valence-electron chi connectivity index (χ3n) is 5.67. The van der Waals surface area contributed by atoms with Crippen molar-refractivity contribution in [2.45, 2.75) is 78.2 Å². The topological polar surface area (TPSA) is 20.2 Å². The van der Waals surface area contributed by atoms with Gasteiger partial charge in [-0.05, 0) is 61.7 Å². The van der Waals surface area contributed by atoms with Crippen molar-refractivity contribution in [2.75, 3.05) is 0 Å². The van der Waals surface area contributed by atoms with Crippen LogP contribution in [0.15, 0.2) is 0 Å². The minimum atomic E-state index is -0.352. The molecular formula is C17H32O. The summed E-state index contributed by atoms with van der Waals surface area (Å²) in [4.78, 5) is 0. The normalized spacial score (nSPS) is 46.3. The molecule has 106 valence electrons. The number of rotatable bonds is 2. The van der Waals surface area contributed by atoms with Gasteiger partial charge in [0.2, 0.25) is 0 Å². The van der Waals surface area contributed by atoms with E-state index in [2.05, 4.69) is 27.7 Å². The molecule has 0 amide bonds. The molecule has 0 heterocycles. The Balaban J connectivity index is 2.16. The molecule has 0 saturated heterocycles. The third-order valence-corrected chi connectivity index (χ3v) is 5.67. The summed E-state index contributed by atoms with van der Waals surface area (Å²) in [5.74, 6) is 3.33. The summed E-state index contributed by atoms with van der Waals surface area (Å²) in [6.07, 6.45) is 8.72. The third kappa shape index (κ3) is 2.76. The van der Waals surface area contributed by atoms with Crippen LogP contribution in [0.2, 0.25) is 0 Å². The number of hydrogen-bond donors (Lipinski definition) is 1. The van der Waals surface area contributed by atoms with Gasteiger partial charge >= 0.3 is 0 Å². The van der Waals surface area contributed by atoms with Crippen LogP contribution in [0.4, 0.5) is 0 Å². The molecule has 0 aromatic carbocycles. The molecule has 0 spiro atoms. The molecule has 1 heteroatoms. The van der Waals surface area contributed by atoms with Crippen molar-refractivity contribution in [3.63, 3.8) is 0 Å². The highest BCUT2D eigenvalue weighted by Crippen LogP contribution is 2.49. The van der Waals surface area contributed by atoms with E-state index in [1.54, 1.807) is 0 Å². The quantitative estimate of drug-likeness (QED) is 0.759. The van der Waals surface area contributed by atoms with E-state index in [1.165, 1.54) is 38.5 Å². The van der Waals surface area contributed by atoms with Crippen LogP contribution >= 0.6 is 0 Å². The van der Waals surface area contributed by atoms with Crippen molar-refractivity contribution < 1.29 is 5.11 Å². The zero-order valence-corrected chi connectivity index (χ0v) is 12.8. The summed E-state index contributed by atoms with van der Waals surface area (Å²) in [6, 6.07) is 0. The molecule has 0 aromatic rings. The molecule has 0 aromatic heterocycles. The van der Waals surface area contributed by atoms with E-state index in [1.807, 2.05) is 0 Å². The molecule has 18 heavy (non-hydrogen) atoms. The van der Waals surface area contributed by atoms with Crippen LogP contribution < -0.4 is 0 Å². The van der Waals surface area contributed by atoms with E-state index >= 15 is 0 Å². The zero-order valence-electron chi connectivity index (χ0n) is 12.8. The van der Waals surface area contributed by atoms with E-state index in [-0.39, 0.29) is 5.60 Å². The summed E-state index contributed by atoms with van der Waals surface area (Å²) >= 11 is 0. The number of hydrogen-bond acceptors (Lipinski definition) is 1. The van der Waals surface area contributed by atoms with Gasteiger partial charge in [0.1, 0.15) is 0 Å². The van der Waals surface area contributed by atoms with Crippen LogP contribution in [0.3, 0.4) is 0 Å². The monoisotopic (exact) mass is 252 g/mol. The lowest BCUT2D eigenvalue weighted by atomic mass is 9.59. The summed E-state index contributed by atoms with van der Waals surface area (Å²) in [6.45, 7) is 9.35. The van der Waals surface area contributed by atoms with E-state index in [4.69, 9.17) is 0 Å². The van der Waals surface area contributed by atoms with Crippen molar-refractivity contribution in [3.05, 3.63) is 0 Å². The van der Waals surface area contributed by atoms with Gasteiger partial charge in [-0.25, -0.2) is 0 Å². The van der Waals surface area contributed by atoms with Crippen LogP contribution in [-0.2, 0) is 0 Å². The molecule has 2 aliphatic carbocycles. The Bertz CT molecular complexity index is 263. The fraction of sp³-hybridized carbons (Fsp3) is 1.00. The lowest BCUT2D eigenvalue weighted by molar-refractivity contribution is -0.127. The van der Waals surface area contributed by atoms with Crippen LogP contribution in [0, 0.1) is 29.6 Å². The van der Waals surface area contributed by atoms with Gasteiger partial charge in [0.15, 0.2) is 0 Å². The standard InChI is InChI=1S/C17H32O/c1-12(2)16-7-5-6-8-17(16,18)15-10-13(3)9-14(4)11-15/h12-16,18H,5-11H2,1-4H3. The lowest BCUT2D eigenvalue weighted by Gasteiger charge is -2.50. The van der Waals surface area contributed by atoms with Crippen LogP contribution in [-0.4, -0.2) is 10.7 Å². The van der Waals surface area contributed by atoms with Crippen molar-refractivity contribution >= 4 is 0 Å². The first-order valence-electron chi connectivity index (χ1n) is 8.15. The first-order valence-corrected chi connectivity index (χ1v) is 8.15. The summed E-state index contributed by atoms with van der Waals surface area (Å²) in [7, 11) is 0. The van der Waals surface area contributed by atoms with E-state index in [0.29, 0.717) is 17.8 Å². The highest BCUT2D eigenvalue weighted by molar-refractivity contribution is 4.98. The Labute approximate surface area is 113 Å². The molecule has 4 atom stereocenters. The summed E-state index contributed by atoms with van der Waals surface area (Å²) in [5, 5.41) is 11.4. The fourth-order valence-electron chi connectivity index (χ4n) is 4.98. The zero-order chi connectivity index (χ0) is 13.3. The molecule has 1 N–H and O–H groups in total. The Kier molecular flexibility index (Phi) is 4.41. The highest BCUT2D eigenvalue weighted by Gasteiger charge is 2.47. The Morgan fingerprint density at radius 1 is 1.00 bits per heavy atom. The molecule has 2 saturated carbocycles. The van der Waals surface area contributed by atoms with Crippen molar-refractivity contribution in [3.8, 4) is 0 Å². The van der Waals surface area contributed by atoms with Crippen molar-refractivity contribution in [1.29, 1.82) is 0 Å². The Morgan fingerprint density at radius 3 is 2.17 bits per heavy atom. The first-order chi connectivity index (χ1) is 8.43. The van der Waals surface area contributed by atoms with Crippen molar-refractivity contribution in [1.82, 2.24) is 0 Å². The van der Waals surface area contributed by atoms with Crippen LogP contribution in [0.25, 0.3) is 0 Å². The molecule has 4 unspecified atom stereocenters. The lowest BCUT2D eigenvalue weighted by Crippen LogP contribution is -2.51. The largest absolute Gasteiger partial charge is 0.389 e. The van der Waals surface area contributed by atoms with Gasteiger partial charge in [0, 0.05) is 0 Å². The second-order valence-corrected chi connectivity index (χ2v) is 7.70. The molecule has 2 aliphatic rings. The smallest absolute Gasteiger partial charge is 0.0706 e. The highest BCUT2D eigenvalue weighted by atomic mass is 16.3. The van der Waals surface area contributed by atoms with Gasteiger partial charge in [-0.15, -0.1) is 0 Å². The van der Waals surface area contributed by atoms with E-state index in [0.717, 1.165) is 18.3 Å². The minimum absolute atomic E-state index is 0.352. The minimum Gasteiger partial charge on any atom is -0.389 e. The van der Waals surface area contributed by atoms with Gasteiger partial charge < -0.3 is 5.11 Å². The molecule has 0 radical (unpaired) electrons. The van der Waals surface area contributed by atoms with Gasteiger partial charge in [0.25, 0.3) is 0 Å². The average molecular weight is 252 g/mol. The fourth-order valence-corrected chi connectivity index (χ4v) is 4.98. The van der Waals surface area contributed by atoms with Gasteiger partial charge in [0.05, 0.1) is 5.60 Å². The molecule has 0 bridgehead atoms. The maximum absolute atomic E-state index is 11.4. The average Bonchev–Trinajstić information content (AvgIpc) is 2.27. The van der Waals surface area contributed by atoms with Gasteiger partial charge in [-0.2, -0.15) is 0 Å². The Hall–Kier alpha value is -0.0400. The van der Waals surface area contributed by atoms with E-state index < -0.39 is 0 Å². The Morgan fingerprint density at radius 2 is 1.61 bits per heavy atom. The molecule has 2 fully saturated rings. The molecule has 0 aliphatic heterocycles. The predicted molar refractivity (Wildman–Crippen MR) is 77.4 cm³/mol. The number of aliphatic hydroxyl groups is 1. The molecule has 1 nitrogen and oxygen atoms in total.